The van der Waals surface area contributed by atoms with Gasteiger partial charge >= 0.3 is 0 Å². The molecule has 2 heterocycles. The minimum atomic E-state index is 0.866. The number of hydrogen-bond donors (Lipinski definition) is 1. The number of likely N-dealkylation sites (tertiary alicyclic amines) is 1. The van der Waals surface area contributed by atoms with Crippen molar-refractivity contribution in [3.8, 4) is 0 Å². The lowest BCUT2D eigenvalue weighted by molar-refractivity contribution is 0.126. The van der Waals surface area contributed by atoms with Crippen LogP contribution in [0.3, 0.4) is 0 Å². The molecule has 0 amide bonds. The Morgan fingerprint density at radius 2 is 2.36 bits per heavy atom. The van der Waals surface area contributed by atoms with Gasteiger partial charge in [-0.05, 0) is 56.8 Å². The Kier molecular flexibility index (Phi) is 4.14. The van der Waals surface area contributed by atoms with Gasteiger partial charge in [0.2, 0.25) is 0 Å². The van der Waals surface area contributed by atoms with Crippen molar-refractivity contribution < 1.29 is 0 Å². The maximum absolute atomic E-state index is 3.54. The van der Waals surface area contributed by atoms with Crippen molar-refractivity contribution in [2.24, 2.45) is 5.92 Å². The Morgan fingerprint density at radius 3 is 3.21 bits per heavy atom. The second-order valence-corrected chi connectivity index (χ2v) is 5.50. The fourth-order valence-corrected chi connectivity index (χ4v) is 3.27. The van der Waals surface area contributed by atoms with Gasteiger partial charge in [0.1, 0.15) is 0 Å². The number of thioether (sulfide) groups is 1. The number of piperidine rings is 1. The first-order chi connectivity index (χ1) is 6.92. The molecule has 2 nitrogen and oxygen atoms in total. The second kappa shape index (κ2) is 5.38. The van der Waals surface area contributed by atoms with E-state index >= 15 is 0 Å². The highest BCUT2D eigenvalue weighted by molar-refractivity contribution is 7.98. The minimum Gasteiger partial charge on any atom is -0.315 e. The third-order valence-corrected chi connectivity index (χ3v) is 4.28. The van der Waals surface area contributed by atoms with Gasteiger partial charge in [-0.1, -0.05) is 0 Å². The van der Waals surface area contributed by atoms with Crippen LogP contribution in [0.1, 0.15) is 19.3 Å². The summed E-state index contributed by atoms with van der Waals surface area (Å²) in [5, 5.41) is 3.54. The van der Waals surface area contributed by atoms with Crippen LogP contribution in [-0.2, 0) is 0 Å². The van der Waals surface area contributed by atoms with Crippen molar-refractivity contribution in [3.05, 3.63) is 0 Å². The van der Waals surface area contributed by atoms with E-state index in [1.54, 1.807) is 0 Å². The Hall–Kier alpha value is 0.270. The highest BCUT2D eigenvalue weighted by atomic mass is 32.2. The average molecular weight is 214 g/mol. The average Bonchev–Trinajstić information content (AvgIpc) is 2.67. The molecule has 0 aliphatic carbocycles. The summed E-state index contributed by atoms with van der Waals surface area (Å²) in [6.45, 7) is 5.18. The molecule has 0 aromatic carbocycles. The molecule has 0 aromatic heterocycles. The van der Waals surface area contributed by atoms with Crippen LogP contribution in [-0.4, -0.2) is 49.1 Å². The molecule has 2 fully saturated rings. The van der Waals surface area contributed by atoms with Crippen molar-refractivity contribution >= 4 is 11.8 Å². The normalized spacial score (nSPS) is 33.2. The zero-order valence-electron chi connectivity index (χ0n) is 9.17. The van der Waals surface area contributed by atoms with Crippen LogP contribution < -0.4 is 5.32 Å². The summed E-state index contributed by atoms with van der Waals surface area (Å²) in [6.07, 6.45) is 6.44. The first-order valence-corrected chi connectivity index (χ1v) is 7.25. The van der Waals surface area contributed by atoms with Crippen LogP contribution in [0.4, 0.5) is 0 Å². The maximum atomic E-state index is 3.54. The van der Waals surface area contributed by atoms with Crippen LogP contribution >= 0.6 is 11.8 Å². The van der Waals surface area contributed by atoms with E-state index in [-0.39, 0.29) is 0 Å². The molecule has 3 heteroatoms. The summed E-state index contributed by atoms with van der Waals surface area (Å²) in [5.74, 6) is 2.28. The van der Waals surface area contributed by atoms with Crippen LogP contribution in [0.25, 0.3) is 0 Å². The number of hydrogen-bond acceptors (Lipinski definition) is 3. The van der Waals surface area contributed by atoms with E-state index in [9.17, 15) is 0 Å². The quantitative estimate of drug-likeness (QED) is 0.713. The Balaban J connectivity index is 1.78. The van der Waals surface area contributed by atoms with Crippen molar-refractivity contribution in [1.29, 1.82) is 0 Å². The largest absolute Gasteiger partial charge is 0.315 e. The summed E-state index contributed by atoms with van der Waals surface area (Å²) in [6, 6.07) is 0.866. The Morgan fingerprint density at radius 1 is 1.43 bits per heavy atom. The van der Waals surface area contributed by atoms with Crippen molar-refractivity contribution in [2.75, 3.05) is 38.2 Å². The van der Waals surface area contributed by atoms with Gasteiger partial charge in [-0.2, -0.15) is 11.8 Å². The third kappa shape index (κ3) is 2.44. The first-order valence-electron chi connectivity index (χ1n) is 5.85. The number of fused-ring (bicyclic) bond motifs is 1. The molecule has 0 aromatic rings. The van der Waals surface area contributed by atoms with Crippen LogP contribution in [0.15, 0.2) is 0 Å². The molecule has 1 N–H and O–H groups in total. The van der Waals surface area contributed by atoms with Gasteiger partial charge in [0.05, 0.1) is 0 Å². The van der Waals surface area contributed by atoms with E-state index in [1.165, 1.54) is 51.2 Å². The molecule has 2 unspecified atom stereocenters. The Bertz CT molecular complexity index is 175. The van der Waals surface area contributed by atoms with Crippen molar-refractivity contribution in [3.63, 3.8) is 0 Å². The van der Waals surface area contributed by atoms with Gasteiger partial charge < -0.3 is 5.32 Å². The second-order valence-electron chi connectivity index (χ2n) is 4.51. The molecule has 0 spiro atoms. The summed E-state index contributed by atoms with van der Waals surface area (Å²) in [7, 11) is 0. The van der Waals surface area contributed by atoms with Gasteiger partial charge in [-0.3, -0.25) is 4.90 Å². The van der Waals surface area contributed by atoms with E-state index in [2.05, 4.69) is 16.5 Å². The van der Waals surface area contributed by atoms with E-state index in [0.717, 1.165) is 12.0 Å². The van der Waals surface area contributed by atoms with E-state index in [1.807, 2.05) is 11.8 Å². The minimum absolute atomic E-state index is 0.866. The van der Waals surface area contributed by atoms with Gasteiger partial charge in [-0.15, -0.1) is 0 Å². The monoisotopic (exact) mass is 214 g/mol. The van der Waals surface area contributed by atoms with Crippen molar-refractivity contribution in [1.82, 2.24) is 10.2 Å². The molecule has 2 rings (SSSR count). The molecule has 2 aliphatic heterocycles. The summed E-state index contributed by atoms with van der Waals surface area (Å²) in [5.41, 5.74) is 0. The summed E-state index contributed by atoms with van der Waals surface area (Å²) >= 11 is 1.97. The van der Waals surface area contributed by atoms with Gasteiger partial charge in [0, 0.05) is 12.6 Å². The number of nitrogens with one attached hydrogen (secondary N) is 1. The molecular formula is C11H22N2S. The lowest BCUT2D eigenvalue weighted by Gasteiger charge is -2.37. The molecule has 2 saturated heterocycles. The number of nitrogens with zero attached hydrogens (tertiary/aromatic N) is 1. The zero-order chi connectivity index (χ0) is 9.80. The standard InChI is InChI=1S/C11H22N2S/c1-14-7-3-6-13-5-2-4-10-8-12-9-11(10)13/h10-12H,2-9H2,1H3. The molecule has 0 bridgehead atoms. The van der Waals surface area contributed by atoms with E-state index < -0.39 is 0 Å². The summed E-state index contributed by atoms with van der Waals surface area (Å²) in [4.78, 5) is 2.73. The lowest BCUT2D eigenvalue weighted by Crippen LogP contribution is -2.45. The zero-order valence-corrected chi connectivity index (χ0v) is 9.98. The van der Waals surface area contributed by atoms with Gasteiger partial charge in [0.15, 0.2) is 0 Å². The maximum Gasteiger partial charge on any atom is 0.0260 e. The Labute approximate surface area is 91.8 Å². The SMILES string of the molecule is CSCCCN1CCCC2CNCC21. The highest BCUT2D eigenvalue weighted by Gasteiger charge is 2.34. The van der Waals surface area contributed by atoms with Crippen LogP contribution in [0.5, 0.6) is 0 Å². The summed E-state index contributed by atoms with van der Waals surface area (Å²) < 4.78 is 0. The fourth-order valence-electron chi connectivity index (χ4n) is 2.85. The topological polar surface area (TPSA) is 15.3 Å². The van der Waals surface area contributed by atoms with Crippen LogP contribution in [0, 0.1) is 5.92 Å². The van der Waals surface area contributed by atoms with Gasteiger partial charge in [-0.25, -0.2) is 0 Å². The predicted octanol–water partition coefficient (Wildman–Crippen LogP) is 1.42. The fraction of sp³-hybridized carbons (Fsp3) is 1.00. The number of rotatable bonds is 4. The lowest BCUT2D eigenvalue weighted by atomic mass is 9.92. The molecule has 82 valence electrons. The molecule has 2 aliphatic rings. The van der Waals surface area contributed by atoms with E-state index in [0.29, 0.717) is 0 Å². The van der Waals surface area contributed by atoms with E-state index in [4.69, 9.17) is 0 Å². The molecule has 2 atom stereocenters. The highest BCUT2D eigenvalue weighted by Crippen LogP contribution is 2.26. The van der Waals surface area contributed by atoms with Gasteiger partial charge in [0.25, 0.3) is 0 Å². The third-order valence-electron chi connectivity index (χ3n) is 3.59. The first kappa shape index (κ1) is 10.8. The smallest absolute Gasteiger partial charge is 0.0260 e. The molecular weight excluding hydrogens is 192 g/mol. The molecule has 14 heavy (non-hydrogen) atoms. The molecule has 0 radical (unpaired) electrons. The van der Waals surface area contributed by atoms with Crippen LogP contribution in [0.2, 0.25) is 0 Å². The predicted molar refractivity (Wildman–Crippen MR) is 64.0 cm³/mol. The van der Waals surface area contributed by atoms with Crippen molar-refractivity contribution in [2.45, 2.75) is 25.3 Å². The molecule has 0 saturated carbocycles.